The number of piperazine rings is 1. The summed E-state index contributed by atoms with van der Waals surface area (Å²) >= 11 is 0. The van der Waals surface area contributed by atoms with Gasteiger partial charge in [0.15, 0.2) is 17.5 Å². The number of likely N-dealkylation sites (tertiary alicyclic amines) is 1. The standard InChI is InChI=1S/C34H36F3N7O3/c1-34(2,3)47-33(45)44-16-15-43(18-21(44)12-13-38)31-24-17-39-29(23-9-5-7-20-10-11-25(35)27(36)26(20)23)28(37)30(24)40-32(41-31)46-19-22-8-6-14-42(22)4/h5,7,9-11,17,21-22H,6,8,12,14-16,18-19H2,1-4H3/t21-,22-/m0/s1. The molecule has 2 aromatic heterocycles. The van der Waals surface area contributed by atoms with Crippen molar-refractivity contribution < 1.29 is 27.4 Å². The van der Waals surface area contributed by atoms with E-state index in [1.54, 1.807) is 32.9 Å². The third-order valence-electron chi connectivity index (χ3n) is 8.65. The molecule has 13 heteroatoms. The summed E-state index contributed by atoms with van der Waals surface area (Å²) in [7, 11) is 2.01. The molecule has 0 aliphatic carbocycles. The van der Waals surface area contributed by atoms with Gasteiger partial charge in [0.25, 0.3) is 0 Å². The molecule has 6 rings (SSSR count). The van der Waals surface area contributed by atoms with Gasteiger partial charge in [-0.05, 0) is 58.7 Å². The number of pyridine rings is 1. The fourth-order valence-corrected chi connectivity index (χ4v) is 6.27. The molecule has 2 aliphatic heterocycles. The Balaban J connectivity index is 1.43. The molecule has 47 heavy (non-hydrogen) atoms. The number of hydrogen-bond acceptors (Lipinski definition) is 9. The van der Waals surface area contributed by atoms with Crippen molar-refractivity contribution in [2.24, 2.45) is 0 Å². The monoisotopic (exact) mass is 647 g/mol. The second-order valence-corrected chi connectivity index (χ2v) is 13.0. The van der Waals surface area contributed by atoms with E-state index in [9.17, 15) is 14.4 Å². The van der Waals surface area contributed by atoms with Gasteiger partial charge in [-0.25, -0.2) is 18.0 Å². The average Bonchev–Trinajstić information content (AvgIpc) is 3.45. The molecule has 246 valence electrons. The van der Waals surface area contributed by atoms with Crippen LogP contribution >= 0.6 is 0 Å². The van der Waals surface area contributed by atoms with E-state index in [0.29, 0.717) is 17.7 Å². The molecule has 0 spiro atoms. The van der Waals surface area contributed by atoms with Crippen LogP contribution in [0.5, 0.6) is 6.01 Å². The Bertz CT molecular complexity index is 1880. The molecular formula is C34H36F3N7O3. The maximum Gasteiger partial charge on any atom is 0.410 e. The number of rotatable bonds is 6. The van der Waals surface area contributed by atoms with Gasteiger partial charge in [0.2, 0.25) is 0 Å². The molecule has 2 saturated heterocycles. The summed E-state index contributed by atoms with van der Waals surface area (Å²) in [5.74, 6) is -2.67. The Morgan fingerprint density at radius 1 is 1.06 bits per heavy atom. The Morgan fingerprint density at radius 2 is 1.87 bits per heavy atom. The molecule has 1 amide bonds. The molecule has 0 unspecified atom stereocenters. The number of carbonyl (C=O) groups excluding carboxylic acids is 1. The highest BCUT2D eigenvalue weighted by Gasteiger charge is 2.35. The van der Waals surface area contributed by atoms with Crippen molar-refractivity contribution in [2.45, 2.75) is 57.7 Å². The number of benzene rings is 2. The van der Waals surface area contributed by atoms with Crippen LogP contribution in [-0.4, -0.2) is 88.4 Å². The van der Waals surface area contributed by atoms with Crippen molar-refractivity contribution in [3.05, 3.63) is 54.0 Å². The van der Waals surface area contributed by atoms with Crippen LogP contribution in [-0.2, 0) is 4.74 Å². The van der Waals surface area contributed by atoms with Gasteiger partial charge in [0, 0.05) is 42.8 Å². The largest absolute Gasteiger partial charge is 0.462 e. The summed E-state index contributed by atoms with van der Waals surface area (Å²) in [6, 6.07) is 8.88. The molecule has 0 N–H and O–H groups in total. The number of anilines is 1. The first-order valence-electron chi connectivity index (χ1n) is 15.6. The number of hydrogen-bond donors (Lipinski definition) is 0. The van der Waals surface area contributed by atoms with Gasteiger partial charge in [-0.1, -0.05) is 24.3 Å². The molecule has 10 nitrogen and oxygen atoms in total. The number of nitriles is 1. The molecule has 4 heterocycles. The van der Waals surface area contributed by atoms with Crippen LogP contribution in [0.3, 0.4) is 0 Å². The van der Waals surface area contributed by atoms with Gasteiger partial charge < -0.3 is 24.2 Å². The van der Waals surface area contributed by atoms with Crippen LogP contribution in [0, 0.1) is 28.8 Å². The number of ether oxygens (including phenoxy) is 2. The molecular weight excluding hydrogens is 611 g/mol. The SMILES string of the molecule is CN1CCC[C@H]1COc1nc(N2CCN(C(=O)OC(C)(C)C)[C@@H](CC#N)C2)c2cnc(-c3cccc4ccc(F)c(F)c34)c(F)c2n1. The molecule has 0 saturated carbocycles. The maximum absolute atomic E-state index is 16.6. The number of halogens is 3. The molecule has 4 aromatic rings. The number of fused-ring (bicyclic) bond motifs is 2. The Hall–Kier alpha value is -4.70. The average molecular weight is 648 g/mol. The minimum absolute atomic E-state index is 0.0378. The predicted octanol–water partition coefficient (Wildman–Crippen LogP) is 6.07. The van der Waals surface area contributed by atoms with E-state index in [0.717, 1.165) is 25.5 Å². The van der Waals surface area contributed by atoms with Crippen molar-refractivity contribution in [3.63, 3.8) is 0 Å². The molecule has 2 fully saturated rings. The van der Waals surface area contributed by atoms with E-state index in [1.807, 2.05) is 11.9 Å². The molecule has 0 bridgehead atoms. The third-order valence-corrected chi connectivity index (χ3v) is 8.65. The summed E-state index contributed by atoms with van der Waals surface area (Å²) in [5, 5.41) is 10.2. The van der Waals surface area contributed by atoms with Gasteiger partial charge in [0.1, 0.15) is 29.2 Å². The second-order valence-electron chi connectivity index (χ2n) is 13.0. The minimum Gasteiger partial charge on any atom is -0.462 e. The minimum atomic E-state index is -1.10. The summed E-state index contributed by atoms with van der Waals surface area (Å²) in [6.07, 6.45) is 2.89. The molecule has 2 aliphatic rings. The van der Waals surface area contributed by atoms with E-state index in [2.05, 4.69) is 20.9 Å². The van der Waals surface area contributed by atoms with Gasteiger partial charge in [-0.15, -0.1) is 0 Å². The zero-order valence-corrected chi connectivity index (χ0v) is 26.8. The quantitative estimate of drug-likeness (QED) is 0.246. The number of aromatic nitrogens is 3. The van der Waals surface area contributed by atoms with E-state index in [-0.39, 0.29) is 65.7 Å². The van der Waals surface area contributed by atoms with Crippen LogP contribution in [0.2, 0.25) is 0 Å². The van der Waals surface area contributed by atoms with Gasteiger partial charge in [-0.2, -0.15) is 15.2 Å². The number of nitrogens with zero attached hydrogens (tertiary/aromatic N) is 7. The first kappa shape index (κ1) is 32.2. The van der Waals surface area contributed by atoms with Crippen molar-refractivity contribution in [3.8, 4) is 23.3 Å². The van der Waals surface area contributed by atoms with Crippen molar-refractivity contribution >= 4 is 33.6 Å². The Kier molecular flexibility index (Phi) is 8.80. The van der Waals surface area contributed by atoms with Gasteiger partial charge in [0.05, 0.1) is 23.9 Å². The molecule has 0 radical (unpaired) electrons. The highest BCUT2D eigenvalue weighted by atomic mass is 19.2. The summed E-state index contributed by atoms with van der Waals surface area (Å²) in [6.45, 7) is 7.29. The molecule has 2 aromatic carbocycles. The normalized spacial score (nSPS) is 18.9. The lowest BCUT2D eigenvalue weighted by molar-refractivity contribution is 0.0145. The third kappa shape index (κ3) is 6.47. The number of carbonyl (C=O) groups is 1. The lowest BCUT2D eigenvalue weighted by atomic mass is 10.00. The second kappa shape index (κ2) is 12.8. The highest BCUT2D eigenvalue weighted by Crippen LogP contribution is 2.37. The van der Waals surface area contributed by atoms with Crippen LogP contribution in [0.25, 0.3) is 32.9 Å². The van der Waals surface area contributed by atoms with E-state index in [1.165, 1.54) is 23.2 Å². The van der Waals surface area contributed by atoms with E-state index < -0.39 is 35.2 Å². The van der Waals surface area contributed by atoms with Crippen LogP contribution < -0.4 is 9.64 Å². The smallest absolute Gasteiger partial charge is 0.410 e. The summed E-state index contributed by atoms with van der Waals surface area (Å²) in [5.41, 5.74) is -0.937. The first-order chi connectivity index (χ1) is 22.4. The lowest BCUT2D eigenvalue weighted by Crippen LogP contribution is -2.56. The van der Waals surface area contributed by atoms with Gasteiger partial charge in [-0.3, -0.25) is 4.98 Å². The summed E-state index contributed by atoms with van der Waals surface area (Å²) in [4.78, 5) is 32.1. The number of amides is 1. The van der Waals surface area contributed by atoms with Crippen molar-refractivity contribution in [2.75, 3.05) is 44.7 Å². The lowest BCUT2D eigenvalue weighted by Gasteiger charge is -2.41. The Morgan fingerprint density at radius 3 is 2.60 bits per heavy atom. The first-order valence-corrected chi connectivity index (χ1v) is 15.6. The fourth-order valence-electron chi connectivity index (χ4n) is 6.27. The number of likely N-dealkylation sites (N-methyl/N-ethyl adjacent to an activating group) is 1. The molecule has 2 atom stereocenters. The van der Waals surface area contributed by atoms with E-state index in [4.69, 9.17) is 14.5 Å². The van der Waals surface area contributed by atoms with Gasteiger partial charge >= 0.3 is 12.1 Å². The maximum atomic E-state index is 16.6. The predicted molar refractivity (Wildman–Crippen MR) is 170 cm³/mol. The topological polar surface area (TPSA) is 108 Å². The highest BCUT2D eigenvalue weighted by molar-refractivity contribution is 5.99. The zero-order valence-electron chi connectivity index (χ0n) is 26.8. The van der Waals surface area contributed by atoms with Crippen LogP contribution in [0.15, 0.2) is 36.5 Å². The van der Waals surface area contributed by atoms with Crippen molar-refractivity contribution in [1.82, 2.24) is 24.8 Å². The summed E-state index contributed by atoms with van der Waals surface area (Å²) < 4.78 is 57.7. The van der Waals surface area contributed by atoms with Crippen molar-refractivity contribution in [1.29, 1.82) is 5.26 Å². The zero-order chi connectivity index (χ0) is 33.5. The fraction of sp³-hybridized carbons (Fsp3) is 0.441. The Labute approximate surface area is 270 Å². The van der Waals surface area contributed by atoms with Crippen LogP contribution in [0.4, 0.5) is 23.8 Å². The van der Waals surface area contributed by atoms with E-state index >= 15 is 8.78 Å². The van der Waals surface area contributed by atoms with Crippen LogP contribution in [0.1, 0.15) is 40.0 Å².